The minimum Gasteiger partial charge on any atom is -0.478 e. The minimum atomic E-state index is -1.16. The first-order valence-corrected chi connectivity index (χ1v) is 8.55. The lowest BCUT2D eigenvalue weighted by atomic mass is 10.1. The van der Waals surface area contributed by atoms with E-state index < -0.39 is 18.0 Å². The normalized spacial score (nSPS) is 10.5. The van der Waals surface area contributed by atoms with Gasteiger partial charge in [0.15, 0.2) is 0 Å². The number of carbonyl (C=O) groups is 3. The van der Waals surface area contributed by atoms with E-state index in [1.54, 1.807) is 26.8 Å². The van der Waals surface area contributed by atoms with Gasteiger partial charge >= 0.3 is 18.0 Å². The summed E-state index contributed by atoms with van der Waals surface area (Å²) < 4.78 is 10.4. The average molecular weight is 416 g/mol. The van der Waals surface area contributed by atoms with Gasteiger partial charge in [-0.2, -0.15) is 0 Å². The Bertz CT molecular complexity index is 659. The molecule has 0 bridgehead atoms. The van der Waals surface area contributed by atoms with Crippen LogP contribution in [0, 0.1) is 6.92 Å². The van der Waals surface area contributed by atoms with E-state index in [-0.39, 0.29) is 30.3 Å². The van der Waals surface area contributed by atoms with Crippen LogP contribution in [0.2, 0.25) is 0 Å². The summed E-state index contributed by atoms with van der Waals surface area (Å²) in [6, 6.07) is 3.15. The molecule has 0 fully saturated rings. The van der Waals surface area contributed by atoms with E-state index in [1.807, 2.05) is 0 Å². The second-order valence-electron chi connectivity index (χ2n) is 5.69. The molecule has 1 rings (SSSR count). The molecule has 0 aliphatic carbocycles. The molecule has 0 saturated carbocycles. The zero-order valence-electron chi connectivity index (χ0n) is 14.7. The number of hydrogen-bond donors (Lipinski definition) is 1. The van der Waals surface area contributed by atoms with Crippen LogP contribution in [0.4, 0.5) is 10.5 Å². The van der Waals surface area contributed by atoms with Crippen molar-refractivity contribution >= 4 is 39.6 Å². The first-order chi connectivity index (χ1) is 11.7. The lowest BCUT2D eigenvalue weighted by Gasteiger charge is -2.26. The Kier molecular flexibility index (Phi) is 7.89. The summed E-state index contributed by atoms with van der Waals surface area (Å²) in [5, 5.41) is 9.51. The second-order valence-corrected chi connectivity index (χ2v) is 6.60. The van der Waals surface area contributed by atoms with E-state index in [0.29, 0.717) is 16.5 Å². The Hall–Kier alpha value is -2.09. The van der Waals surface area contributed by atoms with Crippen molar-refractivity contribution in [2.24, 2.45) is 0 Å². The number of methoxy groups -OCH3 is 1. The highest BCUT2D eigenvalue weighted by Gasteiger charge is 2.26. The fourth-order valence-electron chi connectivity index (χ4n) is 2.30. The van der Waals surface area contributed by atoms with Crippen molar-refractivity contribution < 1.29 is 29.0 Å². The molecule has 1 aromatic rings. The molecule has 0 radical (unpaired) electrons. The number of ether oxygens (including phenoxy) is 2. The molecule has 1 aromatic carbocycles. The number of nitrogens with zero attached hydrogens (tertiary/aromatic N) is 1. The Morgan fingerprint density at radius 1 is 1.28 bits per heavy atom. The first kappa shape index (κ1) is 21.0. The summed E-state index contributed by atoms with van der Waals surface area (Å²) in [6.45, 7) is 5.25. The number of hydrogen-bond acceptors (Lipinski definition) is 5. The van der Waals surface area contributed by atoms with Crippen LogP contribution in [0.5, 0.6) is 0 Å². The topological polar surface area (TPSA) is 93.1 Å². The summed E-state index contributed by atoms with van der Waals surface area (Å²) in [4.78, 5) is 36.7. The van der Waals surface area contributed by atoms with Crippen LogP contribution in [-0.4, -0.2) is 42.9 Å². The van der Waals surface area contributed by atoms with Crippen LogP contribution in [0.15, 0.2) is 16.6 Å². The number of benzene rings is 1. The van der Waals surface area contributed by atoms with Gasteiger partial charge in [-0.05, 0) is 44.9 Å². The largest absolute Gasteiger partial charge is 0.478 e. The maximum absolute atomic E-state index is 12.5. The van der Waals surface area contributed by atoms with Gasteiger partial charge in [0.2, 0.25) is 0 Å². The molecule has 0 aliphatic heterocycles. The minimum absolute atomic E-state index is 0.0225. The Balaban J connectivity index is 3.24. The van der Waals surface area contributed by atoms with E-state index in [4.69, 9.17) is 4.74 Å². The van der Waals surface area contributed by atoms with Gasteiger partial charge in [0.1, 0.15) is 0 Å². The van der Waals surface area contributed by atoms with Crippen LogP contribution in [0.3, 0.4) is 0 Å². The summed E-state index contributed by atoms with van der Waals surface area (Å²) >= 11 is 3.26. The van der Waals surface area contributed by atoms with Crippen LogP contribution >= 0.6 is 15.9 Å². The summed E-state index contributed by atoms with van der Waals surface area (Å²) in [6.07, 6.45) is -0.596. The van der Waals surface area contributed by atoms with E-state index in [0.717, 1.165) is 0 Å². The number of esters is 1. The van der Waals surface area contributed by atoms with E-state index in [2.05, 4.69) is 20.7 Å². The lowest BCUT2D eigenvalue weighted by molar-refractivity contribution is -0.140. The third-order valence-corrected chi connectivity index (χ3v) is 3.77. The van der Waals surface area contributed by atoms with Crippen molar-refractivity contribution in [3.05, 3.63) is 27.7 Å². The van der Waals surface area contributed by atoms with Crippen LogP contribution in [0.25, 0.3) is 0 Å². The standard InChI is InChI=1S/C17H22BrNO6/c1-10(2)25-17(23)19(7-5-6-14(20)24-4)15-11(3)8-12(18)9-13(15)16(21)22/h8-10H,5-7H2,1-4H3,(H,21,22). The number of aromatic carboxylic acids is 1. The van der Waals surface area contributed by atoms with Gasteiger partial charge in [0, 0.05) is 17.4 Å². The van der Waals surface area contributed by atoms with Gasteiger partial charge in [-0.1, -0.05) is 15.9 Å². The zero-order valence-corrected chi connectivity index (χ0v) is 16.3. The number of halogens is 1. The highest BCUT2D eigenvalue weighted by molar-refractivity contribution is 9.10. The van der Waals surface area contributed by atoms with Crippen molar-refractivity contribution in [1.29, 1.82) is 0 Å². The Labute approximate surface area is 155 Å². The number of anilines is 1. The van der Waals surface area contributed by atoms with E-state index >= 15 is 0 Å². The number of amides is 1. The van der Waals surface area contributed by atoms with Crippen LogP contribution in [-0.2, 0) is 14.3 Å². The molecule has 25 heavy (non-hydrogen) atoms. The van der Waals surface area contributed by atoms with Crippen LogP contribution in [0.1, 0.15) is 42.6 Å². The maximum atomic E-state index is 12.5. The number of carboxylic acids is 1. The van der Waals surface area contributed by atoms with Gasteiger partial charge < -0.3 is 14.6 Å². The summed E-state index contributed by atoms with van der Waals surface area (Å²) in [5.74, 6) is -1.56. The van der Waals surface area contributed by atoms with Crippen LogP contribution < -0.4 is 4.90 Å². The predicted molar refractivity (Wildman–Crippen MR) is 96.1 cm³/mol. The molecule has 1 amide bonds. The third kappa shape index (κ3) is 6.04. The highest BCUT2D eigenvalue weighted by Crippen LogP contribution is 2.30. The van der Waals surface area contributed by atoms with E-state index in [1.165, 1.54) is 18.1 Å². The number of carbonyl (C=O) groups excluding carboxylic acids is 2. The van der Waals surface area contributed by atoms with Gasteiger partial charge in [-0.25, -0.2) is 9.59 Å². The highest BCUT2D eigenvalue weighted by atomic mass is 79.9. The van der Waals surface area contributed by atoms with Crippen molar-refractivity contribution in [3.63, 3.8) is 0 Å². The average Bonchev–Trinajstić information content (AvgIpc) is 2.50. The van der Waals surface area contributed by atoms with Crippen molar-refractivity contribution in [2.75, 3.05) is 18.6 Å². The van der Waals surface area contributed by atoms with Gasteiger partial charge in [-0.15, -0.1) is 0 Å². The zero-order chi connectivity index (χ0) is 19.1. The van der Waals surface area contributed by atoms with Gasteiger partial charge in [-0.3, -0.25) is 9.69 Å². The Morgan fingerprint density at radius 2 is 1.92 bits per heavy atom. The molecule has 0 spiro atoms. The molecule has 0 saturated heterocycles. The van der Waals surface area contributed by atoms with Crippen molar-refractivity contribution in [1.82, 2.24) is 0 Å². The van der Waals surface area contributed by atoms with Crippen molar-refractivity contribution in [3.8, 4) is 0 Å². The Morgan fingerprint density at radius 3 is 2.44 bits per heavy atom. The summed E-state index contributed by atoms with van der Waals surface area (Å²) in [7, 11) is 1.29. The molecule has 1 N–H and O–H groups in total. The molecule has 0 heterocycles. The fraction of sp³-hybridized carbons (Fsp3) is 0.471. The molecule has 0 aliphatic rings. The smallest absolute Gasteiger partial charge is 0.414 e. The van der Waals surface area contributed by atoms with E-state index in [9.17, 15) is 19.5 Å². The number of aryl methyl sites for hydroxylation is 1. The molecule has 7 nitrogen and oxygen atoms in total. The first-order valence-electron chi connectivity index (χ1n) is 7.75. The number of rotatable bonds is 7. The third-order valence-electron chi connectivity index (χ3n) is 3.31. The quantitative estimate of drug-likeness (QED) is 0.681. The SMILES string of the molecule is COC(=O)CCCN(C(=O)OC(C)C)c1c(C)cc(Br)cc1C(=O)O. The molecule has 0 aromatic heterocycles. The lowest BCUT2D eigenvalue weighted by Crippen LogP contribution is -2.36. The predicted octanol–water partition coefficient (Wildman–Crippen LogP) is 3.76. The van der Waals surface area contributed by atoms with Gasteiger partial charge in [0.25, 0.3) is 0 Å². The fourth-order valence-corrected chi connectivity index (χ4v) is 2.87. The number of carboxylic acid groups (broad SMARTS) is 1. The van der Waals surface area contributed by atoms with Gasteiger partial charge in [0.05, 0.1) is 24.5 Å². The summed E-state index contributed by atoms with van der Waals surface area (Å²) in [5.41, 5.74) is 0.836. The second kappa shape index (κ2) is 9.41. The maximum Gasteiger partial charge on any atom is 0.414 e. The molecule has 0 unspecified atom stereocenters. The molecular formula is C17H22BrNO6. The molecule has 8 heteroatoms. The molecule has 138 valence electrons. The monoisotopic (exact) mass is 415 g/mol. The molecule has 0 atom stereocenters. The van der Waals surface area contributed by atoms with Crippen molar-refractivity contribution in [2.45, 2.75) is 39.7 Å². The molecular weight excluding hydrogens is 394 g/mol.